The Morgan fingerprint density at radius 3 is 2.75 bits per heavy atom. The van der Waals surface area contributed by atoms with E-state index < -0.39 is 0 Å². The topological polar surface area (TPSA) is 94.0 Å². The molecule has 1 N–H and O–H groups in total. The Kier molecular flexibility index (Phi) is 4.95. The van der Waals surface area contributed by atoms with Crippen LogP contribution < -0.4 is 5.32 Å². The van der Waals surface area contributed by atoms with Gasteiger partial charge in [-0.3, -0.25) is 4.79 Å². The van der Waals surface area contributed by atoms with Gasteiger partial charge >= 0.3 is 0 Å². The highest BCUT2D eigenvalue weighted by Crippen LogP contribution is 2.28. The Hall–Kier alpha value is -2.61. The summed E-state index contributed by atoms with van der Waals surface area (Å²) in [6, 6.07) is 11.1. The molecular formula is C16H16N4O3S. The quantitative estimate of drug-likeness (QED) is 0.683. The molecule has 3 aromatic rings. The summed E-state index contributed by atoms with van der Waals surface area (Å²) in [7, 11) is 0. The lowest BCUT2D eigenvalue weighted by molar-refractivity contribution is -0.115. The molecule has 0 saturated carbocycles. The first-order chi connectivity index (χ1) is 11.7. The zero-order valence-electron chi connectivity index (χ0n) is 13.2. The largest absolute Gasteiger partial charge is 0.411 e. The van der Waals surface area contributed by atoms with E-state index in [0.29, 0.717) is 29.1 Å². The summed E-state index contributed by atoms with van der Waals surface area (Å²) in [5.41, 5.74) is 0.840. The number of carbonyl (C=O) groups excluding carboxylic acids is 1. The molecule has 0 aliphatic rings. The first kappa shape index (κ1) is 16.3. The van der Waals surface area contributed by atoms with Gasteiger partial charge in [0.25, 0.3) is 5.22 Å². The van der Waals surface area contributed by atoms with Gasteiger partial charge in [-0.25, -0.2) is 0 Å². The van der Waals surface area contributed by atoms with Crippen LogP contribution in [0.2, 0.25) is 0 Å². The SMILES string of the molecule is CCC(Sc1nnc(-c2ccccc2)o1)C(=O)Nc1cc(C)on1. The maximum absolute atomic E-state index is 12.3. The molecule has 0 aliphatic carbocycles. The summed E-state index contributed by atoms with van der Waals surface area (Å²) in [5.74, 6) is 1.28. The number of nitrogens with zero attached hydrogens (tertiary/aromatic N) is 3. The Balaban J connectivity index is 1.67. The molecule has 1 unspecified atom stereocenters. The van der Waals surface area contributed by atoms with Gasteiger partial charge in [0, 0.05) is 11.6 Å². The van der Waals surface area contributed by atoms with Crippen LogP contribution in [-0.4, -0.2) is 26.5 Å². The summed E-state index contributed by atoms with van der Waals surface area (Å²) in [6.45, 7) is 3.68. The molecule has 2 heterocycles. The minimum atomic E-state index is -0.369. The van der Waals surface area contributed by atoms with Crippen molar-refractivity contribution in [3.05, 3.63) is 42.2 Å². The summed E-state index contributed by atoms with van der Waals surface area (Å²) in [4.78, 5) is 12.3. The van der Waals surface area contributed by atoms with Crippen LogP contribution >= 0.6 is 11.8 Å². The van der Waals surface area contributed by atoms with Gasteiger partial charge in [-0.2, -0.15) is 0 Å². The van der Waals surface area contributed by atoms with Gasteiger partial charge in [0.05, 0.1) is 5.25 Å². The van der Waals surface area contributed by atoms with Gasteiger partial charge in [0.1, 0.15) is 5.76 Å². The summed E-state index contributed by atoms with van der Waals surface area (Å²) < 4.78 is 10.6. The van der Waals surface area contributed by atoms with E-state index in [0.717, 1.165) is 5.56 Å². The zero-order chi connectivity index (χ0) is 16.9. The molecule has 0 radical (unpaired) electrons. The molecule has 0 fully saturated rings. The number of anilines is 1. The molecule has 7 nitrogen and oxygen atoms in total. The predicted molar refractivity (Wildman–Crippen MR) is 89.5 cm³/mol. The van der Waals surface area contributed by atoms with E-state index in [4.69, 9.17) is 8.94 Å². The third-order valence-corrected chi connectivity index (χ3v) is 4.41. The van der Waals surface area contributed by atoms with Crippen molar-refractivity contribution in [1.82, 2.24) is 15.4 Å². The second-order valence-corrected chi connectivity index (χ2v) is 6.22. The minimum absolute atomic E-state index is 0.185. The van der Waals surface area contributed by atoms with Crippen LogP contribution in [0.4, 0.5) is 5.82 Å². The van der Waals surface area contributed by atoms with Crippen molar-refractivity contribution in [3.63, 3.8) is 0 Å². The second kappa shape index (κ2) is 7.31. The fourth-order valence-corrected chi connectivity index (χ4v) is 2.82. The standard InChI is InChI=1S/C16H16N4O3S/c1-3-12(14(21)17-13-9-10(2)23-20-13)24-16-19-18-15(22-16)11-7-5-4-6-8-11/h4-9,12H,3H2,1-2H3,(H,17,20,21). The highest BCUT2D eigenvalue weighted by molar-refractivity contribution is 8.00. The van der Waals surface area contributed by atoms with Crippen LogP contribution in [0.3, 0.4) is 0 Å². The van der Waals surface area contributed by atoms with Crippen molar-refractivity contribution in [2.75, 3.05) is 5.32 Å². The van der Waals surface area contributed by atoms with Crippen molar-refractivity contribution in [1.29, 1.82) is 0 Å². The lowest BCUT2D eigenvalue weighted by atomic mass is 10.2. The van der Waals surface area contributed by atoms with Gasteiger partial charge in [0.15, 0.2) is 5.82 Å². The van der Waals surface area contributed by atoms with Crippen LogP contribution in [0, 0.1) is 6.92 Å². The van der Waals surface area contributed by atoms with Crippen LogP contribution in [0.25, 0.3) is 11.5 Å². The van der Waals surface area contributed by atoms with Crippen molar-refractivity contribution in [2.45, 2.75) is 30.7 Å². The van der Waals surface area contributed by atoms with E-state index in [1.807, 2.05) is 37.3 Å². The predicted octanol–water partition coefficient (Wildman–Crippen LogP) is 3.54. The van der Waals surface area contributed by atoms with Crippen LogP contribution in [0.5, 0.6) is 0 Å². The van der Waals surface area contributed by atoms with E-state index in [2.05, 4.69) is 20.7 Å². The molecule has 0 saturated heterocycles. The van der Waals surface area contributed by atoms with E-state index >= 15 is 0 Å². The Labute approximate surface area is 142 Å². The average molecular weight is 344 g/mol. The van der Waals surface area contributed by atoms with Crippen molar-refractivity contribution in [3.8, 4) is 11.5 Å². The van der Waals surface area contributed by atoms with E-state index in [1.165, 1.54) is 11.8 Å². The number of benzene rings is 1. The maximum Gasteiger partial charge on any atom is 0.277 e. The minimum Gasteiger partial charge on any atom is -0.411 e. The first-order valence-electron chi connectivity index (χ1n) is 7.45. The van der Waals surface area contributed by atoms with Crippen LogP contribution in [0.15, 0.2) is 50.6 Å². The third-order valence-electron chi connectivity index (χ3n) is 3.21. The fraction of sp³-hybridized carbons (Fsp3) is 0.250. The second-order valence-electron chi connectivity index (χ2n) is 5.07. The summed E-state index contributed by atoms with van der Waals surface area (Å²) in [5, 5.41) is 14.5. The van der Waals surface area contributed by atoms with Gasteiger partial charge in [0.2, 0.25) is 11.8 Å². The van der Waals surface area contributed by atoms with E-state index in [-0.39, 0.29) is 11.2 Å². The number of thioether (sulfide) groups is 1. The van der Waals surface area contributed by atoms with Gasteiger partial charge in [-0.05, 0) is 25.5 Å². The lowest BCUT2D eigenvalue weighted by Gasteiger charge is -2.10. The van der Waals surface area contributed by atoms with Gasteiger partial charge in [-0.15, -0.1) is 10.2 Å². The highest BCUT2D eigenvalue weighted by Gasteiger charge is 2.22. The molecule has 0 aliphatic heterocycles. The number of nitrogens with one attached hydrogen (secondary N) is 1. The van der Waals surface area contributed by atoms with Crippen molar-refractivity contribution < 1.29 is 13.7 Å². The normalized spacial score (nSPS) is 12.1. The molecule has 0 bridgehead atoms. The van der Waals surface area contributed by atoms with Crippen LogP contribution in [0.1, 0.15) is 19.1 Å². The number of hydrogen-bond donors (Lipinski definition) is 1. The lowest BCUT2D eigenvalue weighted by Crippen LogP contribution is -2.24. The molecule has 1 aromatic carbocycles. The zero-order valence-corrected chi connectivity index (χ0v) is 14.0. The molecular weight excluding hydrogens is 328 g/mol. The molecule has 3 rings (SSSR count). The van der Waals surface area contributed by atoms with Crippen LogP contribution in [-0.2, 0) is 4.79 Å². The highest BCUT2D eigenvalue weighted by atomic mass is 32.2. The number of aromatic nitrogens is 3. The average Bonchev–Trinajstić information content (AvgIpc) is 3.22. The Morgan fingerprint density at radius 2 is 2.08 bits per heavy atom. The molecule has 24 heavy (non-hydrogen) atoms. The van der Waals surface area contributed by atoms with Gasteiger partial charge < -0.3 is 14.3 Å². The number of hydrogen-bond acceptors (Lipinski definition) is 7. The molecule has 0 spiro atoms. The first-order valence-corrected chi connectivity index (χ1v) is 8.33. The molecule has 2 aromatic heterocycles. The van der Waals surface area contributed by atoms with Gasteiger partial charge in [-0.1, -0.05) is 42.0 Å². The monoisotopic (exact) mass is 344 g/mol. The molecule has 1 amide bonds. The number of aryl methyl sites for hydroxylation is 1. The van der Waals surface area contributed by atoms with E-state index in [1.54, 1.807) is 13.0 Å². The van der Waals surface area contributed by atoms with Crippen molar-refractivity contribution >= 4 is 23.5 Å². The number of amides is 1. The smallest absolute Gasteiger partial charge is 0.277 e. The Morgan fingerprint density at radius 1 is 1.29 bits per heavy atom. The third kappa shape index (κ3) is 3.83. The summed E-state index contributed by atoms with van der Waals surface area (Å²) in [6.07, 6.45) is 0.608. The maximum atomic E-state index is 12.3. The molecule has 1 atom stereocenters. The Bertz CT molecular complexity index is 816. The number of carbonyl (C=O) groups is 1. The molecule has 124 valence electrons. The van der Waals surface area contributed by atoms with E-state index in [9.17, 15) is 4.79 Å². The molecule has 8 heteroatoms. The fourth-order valence-electron chi connectivity index (χ4n) is 2.03. The summed E-state index contributed by atoms with van der Waals surface area (Å²) >= 11 is 1.23. The van der Waals surface area contributed by atoms with Crippen molar-refractivity contribution in [2.24, 2.45) is 0 Å². The number of rotatable bonds is 6.